The van der Waals surface area contributed by atoms with E-state index < -0.39 is 10.0 Å². The van der Waals surface area contributed by atoms with Crippen molar-refractivity contribution in [2.75, 3.05) is 0 Å². The average Bonchev–Trinajstić information content (AvgIpc) is 3.22. The van der Waals surface area contributed by atoms with E-state index in [9.17, 15) is 8.42 Å². The third-order valence-corrected chi connectivity index (χ3v) is 4.69. The van der Waals surface area contributed by atoms with Crippen LogP contribution in [0.25, 0.3) is 0 Å². The van der Waals surface area contributed by atoms with Crippen LogP contribution in [0.4, 0.5) is 0 Å². The molecule has 0 saturated heterocycles. The highest BCUT2D eigenvalue weighted by molar-refractivity contribution is 7.89. The molecule has 0 saturated carbocycles. The zero-order valence-corrected chi connectivity index (χ0v) is 11.8. The summed E-state index contributed by atoms with van der Waals surface area (Å²) in [5, 5.41) is 6.19. The SMILES string of the molecule is O=S(=O)(c1cn[nH]c1)N(Cc1ccco1)Cc1ccco1. The van der Waals surface area contributed by atoms with Crippen LogP contribution in [0.15, 0.2) is 62.9 Å². The van der Waals surface area contributed by atoms with Gasteiger partial charge in [-0.3, -0.25) is 5.10 Å². The Morgan fingerprint density at radius 1 is 1.10 bits per heavy atom. The van der Waals surface area contributed by atoms with E-state index in [-0.39, 0.29) is 18.0 Å². The molecular formula is C13H13N3O4S. The second-order valence-corrected chi connectivity index (χ2v) is 6.30. The standard InChI is InChI=1S/C13H13N3O4S/c17-21(18,13-7-14-15-8-13)16(9-11-3-1-5-19-11)10-12-4-2-6-20-12/h1-8H,9-10H2,(H,14,15). The van der Waals surface area contributed by atoms with Gasteiger partial charge < -0.3 is 8.83 Å². The maximum absolute atomic E-state index is 12.6. The van der Waals surface area contributed by atoms with Crippen LogP contribution in [-0.2, 0) is 23.1 Å². The van der Waals surface area contributed by atoms with Crippen LogP contribution < -0.4 is 0 Å². The van der Waals surface area contributed by atoms with Crippen molar-refractivity contribution in [3.05, 3.63) is 60.7 Å². The van der Waals surface area contributed by atoms with Gasteiger partial charge in [-0.05, 0) is 24.3 Å². The highest BCUT2D eigenvalue weighted by Crippen LogP contribution is 2.20. The quantitative estimate of drug-likeness (QED) is 0.751. The lowest BCUT2D eigenvalue weighted by Crippen LogP contribution is -2.29. The fourth-order valence-corrected chi connectivity index (χ4v) is 3.19. The summed E-state index contributed by atoms with van der Waals surface area (Å²) in [4.78, 5) is 0.0978. The van der Waals surface area contributed by atoms with Gasteiger partial charge in [0.2, 0.25) is 10.0 Å². The first-order chi connectivity index (χ1) is 10.2. The van der Waals surface area contributed by atoms with Crippen LogP contribution in [0.5, 0.6) is 0 Å². The molecule has 0 amide bonds. The molecule has 3 heterocycles. The minimum absolute atomic E-state index is 0.0978. The van der Waals surface area contributed by atoms with Gasteiger partial charge in [0.25, 0.3) is 0 Å². The van der Waals surface area contributed by atoms with E-state index in [4.69, 9.17) is 8.83 Å². The maximum atomic E-state index is 12.6. The normalized spacial score (nSPS) is 12.0. The van der Waals surface area contributed by atoms with Crippen molar-refractivity contribution in [2.45, 2.75) is 18.0 Å². The van der Waals surface area contributed by atoms with Crippen LogP contribution in [0.1, 0.15) is 11.5 Å². The molecule has 110 valence electrons. The Kier molecular flexibility index (Phi) is 3.63. The summed E-state index contributed by atoms with van der Waals surface area (Å²) in [7, 11) is -3.69. The van der Waals surface area contributed by atoms with Gasteiger partial charge in [0, 0.05) is 6.20 Å². The molecule has 0 aromatic carbocycles. The molecule has 3 aromatic rings. The molecule has 0 unspecified atom stereocenters. The van der Waals surface area contributed by atoms with Gasteiger partial charge in [0.05, 0.1) is 31.8 Å². The van der Waals surface area contributed by atoms with Crippen molar-refractivity contribution < 1.29 is 17.3 Å². The number of rotatable bonds is 6. The molecule has 0 aliphatic rings. The molecule has 3 rings (SSSR count). The molecule has 1 N–H and O–H groups in total. The molecule has 0 atom stereocenters. The first kappa shape index (κ1) is 13.7. The molecule has 0 fully saturated rings. The number of nitrogens with one attached hydrogen (secondary N) is 1. The summed E-state index contributed by atoms with van der Waals surface area (Å²) in [5.41, 5.74) is 0. The lowest BCUT2D eigenvalue weighted by atomic mass is 10.4. The number of hydrogen-bond acceptors (Lipinski definition) is 5. The molecule has 0 spiro atoms. The number of hydrogen-bond donors (Lipinski definition) is 1. The average molecular weight is 307 g/mol. The van der Waals surface area contributed by atoms with E-state index in [1.54, 1.807) is 24.3 Å². The molecule has 0 radical (unpaired) electrons. The van der Waals surface area contributed by atoms with E-state index in [1.807, 2.05) is 0 Å². The molecule has 3 aromatic heterocycles. The lowest BCUT2D eigenvalue weighted by molar-refractivity contribution is 0.330. The van der Waals surface area contributed by atoms with Crippen molar-refractivity contribution in [3.8, 4) is 0 Å². The van der Waals surface area contributed by atoms with E-state index in [2.05, 4.69) is 10.2 Å². The van der Waals surface area contributed by atoms with E-state index in [0.29, 0.717) is 11.5 Å². The Morgan fingerprint density at radius 3 is 2.14 bits per heavy atom. The molecular weight excluding hydrogens is 294 g/mol. The van der Waals surface area contributed by atoms with Crippen LogP contribution in [0.2, 0.25) is 0 Å². The Bertz CT molecular complexity index is 725. The third-order valence-electron chi connectivity index (χ3n) is 2.94. The molecule has 21 heavy (non-hydrogen) atoms. The van der Waals surface area contributed by atoms with E-state index in [1.165, 1.54) is 29.2 Å². The molecule has 0 bridgehead atoms. The minimum Gasteiger partial charge on any atom is -0.468 e. The second-order valence-electron chi connectivity index (χ2n) is 4.37. The van der Waals surface area contributed by atoms with Gasteiger partial charge in [-0.15, -0.1) is 0 Å². The predicted molar refractivity (Wildman–Crippen MR) is 72.4 cm³/mol. The Hall–Kier alpha value is -2.32. The lowest BCUT2D eigenvalue weighted by Gasteiger charge is -2.19. The largest absolute Gasteiger partial charge is 0.468 e. The smallest absolute Gasteiger partial charge is 0.247 e. The minimum atomic E-state index is -3.69. The topological polar surface area (TPSA) is 92.3 Å². The van der Waals surface area contributed by atoms with Crippen molar-refractivity contribution in [1.82, 2.24) is 14.5 Å². The van der Waals surface area contributed by atoms with E-state index >= 15 is 0 Å². The number of aromatic nitrogens is 2. The zero-order valence-electron chi connectivity index (χ0n) is 11.0. The van der Waals surface area contributed by atoms with Gasteiger partial charge in [-0.1, -0.05) is 0 Å². The van der Waals surface area contributed by atoms with Gasteiger partial charge in [-0.2, -0.15) is 9.40 Å². The van der Waals surface area contributed by atoms with Crippen molar-refractivity contribution >= 4 is 10.0 Å². The highest BCUT2D eigenvalue weighted by Gasteiger charge is 2.27. The zero-order chi connectivity index (χ0) is 14.7. The summed E-state index contributed by atoms with van der Waals surface area (Å²) >= 11 is 0. The summed E-state index contributed by atoms with van der Waals surface area (Å²) in [5.74, 6) is 1.10. The molecule has 7 nitrogen and oxygen atoms in total. The van der Waals surface area contributed by atoms with Crippen LogP contribution in [0, 0.1) is 0 Å². The Balaban J connectivity index is 1.91. The van der Waals surface area contributed by atoms with Crippen LogP contribution >= 0.6 is 0 Å². The van der Waals surface area contributed by atoms with Gasteiger partial charge >= 0.3 is 0 Å². The fraction of sp³-hybridized carbons (Fsp3) is 0.154. The van der Waals surface area contributed by atoms with Crippen molar-refractivity contribution in [3.63, 3.8) is 0 Å². The molecule has 0 aliphatic heterocycles. The highest BCUT2D eigenvalue weighted by atomic mass is 32.2. The third kappa shape index (κ3) is 2.91. The van der Waals surface area contributed by atoms with Crippen molar-refractivity contribution in [2.24, 2.45) is 0 Å². The van der Waals surface area contributed by atoms with Crippen LogP contribution in [0.3, 0.4) is 0 Å². The number of H-pyrrole nitrogens is 1. The Labute approximate surface area is 121 Å². The summed E-state index contributed by atoms with van der Waals surface area (Å²) in [6.45, 7) is 0.225. The predicted octanol–water partition coefficient (Wildman–Crippen LogP) is 1.99. The van der Waals surface area contributed by atoms with Crippen molar-refractivity contribution in [1.29, 1.82) is 0 Å². The Morgan fingerprint density at radius 2 is 1.71 bits per heavy atom. The number of aromatic amines is 1. The molecule has 0 aliphatic carbocycles. The summed E-state index contributed by atoms with van der Waals surface area (Å²) in [6, 6.07) is 6.87. The van der Waals surface area contributed by atoms with Gasteiger partial charge in [0.1, 0.15) is 16.4 Å². The van der Waals surface area contributed by atoms with E-state index in [0.717, 1.165) is 0 Å². The first-order valence-corrected chi connectivity index (χ1v) is 7.64. The van der Waals surface area contributed by atoms with Crippen LogP contribution in [-0.4, -0.2) is 22.9 Å². The first-order valence-electron chi connectivity index (χ1n) is 6.20. The maximum Gasteiger partial charge on any atom is 0.247 e. The number of sulfonamides is 1. The second kappa shape index (κ2) is 5.58. The number of nitrogens with zero attached hydrogens (tertiary/aromatic N) is 2. The van der Waals surface area contributed by atoms with Gasteiger partial charge in [-0.25, -0.2) is 8.42 Å². The summed E-state index contributed by atoms with van der Waals surface area (Å²) in [6.07, 6.45) is 5.62. The monoisotopic (exact) mass is 307 g/mol. The fourth-order valence-electron chi connectivity index (χ4n) is 1.91. The summed E-state index contributed by atoms with van der Waals surface area (Å²) < 4.78 is 37.0. The molecule has 8 heteroatoms. The number of furan rings is 2. The van der Waals surface area contributed by atoms with Gasteiger partial charge in [0.15, 0.2) is 0 Å².